The zero-order chi connectivity index (χ0) is 14.2. The predicted octanol–water partition coefficient (Wildman–Crippen LogP) is 2.43. The van der Waals surface area contributed by atoms with Crippen LogP contribution >= 0.6 is 0 Å². The summed E-state index contributed by atoms with van der Waals surface area (Å²) in [5.74, 6) is 0.768. The van der Waals surface area contributed by atoms with Gasteiger partial charge in [0.2, 0.25) is 0 Å². The lowest BCUT2D eigenvalue weighted by Crippen LogP contribution is -2.30. The number of rotatable bonds is 4. The van der Waals surface area contributed by atoms with Crippen LogP contribution in [0.25, 0.3) is 11.0 Å². The first kappa shape index (κ1) is 14.1. The first-order chi connectivity index (χ1) is 8.86. The Kier molecular flexibility index (Phi) is 3.69. The number of fused-ring (bicyclic) bond motifs is 1. The number of furan rings is 1. The molecule has 0 saturated carbocycles. The molecule has 0 bridgehead atoms. The topological polar surface area (TPSA) is 73.3 Å². The number of benzene rings is 1. The molecule has 2 aromatic rings. The van der Waals surface area contributed by atoms with E-state index in [1.807, 2.05) is 31.2 Å². The van der Waals surface area contributed by atoms with Gasteiger partial charge in [-0.1, -0.05) is 25.1 Å². The average Bonchev–Trinajstić information content (AvgIpc) is 2.74. The van der Waals surface area contributed by atoms with E-state index in [4.69, 9.17) is 10.2 Å². The monoisotopic (exact) mass is 281 g/mol. The first-order valence-electron chi connectivity index (χ1n) is 6.31. The van der Waals surface area contributed by atoms with Crippen LogP contribution in [0, 0.1) is 0 Å². The number of para-hydroxylation sites is 1. The molecule has 19 heavy (non-hydrogen) atoms. The second-order valence-corrected chi connectivity index (χ2v) is 7.25. The fraction of sp³-hybridized carbons (Fsp3) is 0.429. The van der Waals surface area contributed by atoms with Crippen LogP contribution in [0.15, 0.2) is 28.7 Å². The van der Waals surface area contributed by atoms with E-state index in [0.29, 0.717) is 6.42 Å². The molecule has 4 nitrogen and oxygen atoms in total. The number of aryl methyl sites for hydroxylation is 1. The van der Waals surface area contributed by atoms with Crippen molar-refractivity contribution >= 4 is 20.8 Å². The fourth-order valence-corrected chi connectivity index (χ4v) is 2.91. The third-order valence-electron chi connectivity index (χ3n) is 3.55. The van der Waals surface area contributed by atoms with Crippen LogP contribution in [-0.4, -0.2) is 19.9 Å². The van der Waals surface area contributed by atoms with E-state index in [9.17, 15) is 8.42 Å². The van der Waals surface area contributed by atoms with Crippen LogP contribution in [0.3, 0.4) is 0 Å². The Morgan fingerprint density at radius 2 is 1.95 bits per heavy atom. The Balaban J connectivity index is 2.61. The lowest BCUT2D eigenvalue weighted by atomic mass is 10.0. The molecule has 2 unspecified atom stereocenters. The van der Waals surface area contributed by atoms with Crippen LogP contribution in [0.1, 0.15) is 31.2 Å². The van der Waals surface area contributed by atoms with Crippen LogP contribution in [0.5, 0.6) is 0 Å². The minimum atomic E-state index is -3.19. The quantitative estimate of drug-likeness (QED) is 0.934. The molecule has 2 atom stereocenters. The van der Waals surface area contributed by atoms with E-state index in [2.05, 4.69) is 0 Å². The normalized spacial score (nSPS) is 15.6. The van der Waals surface area contributed by atoms with Crippen molar-refractivity contribution < 1.29 is 12.8 Å². The smallest absolute Gasteiger partial charge is 0.151 e. The summed E-state index contributed by atoms with van der Waals surface area (Å²) >= 11 is 0. The summed E-state index contributed by atoms with van der Waals surface area (Å²) in [5.41, 5.74) is 7.74. The van der Waals surface area contributed by atoms with Crippen molar-refractivity contribution in [3.05, 3.63) is 35.6 Å². The lowest BCUT2D eigenvalue weighted by Gasteiger charge is -2.18. The molecule has 1 aromatic heterocycles. The Labute approximate surface area is 113 Å². The number of nitrogens with two attached hydrogens (primary N) is 1. The summed E-state index contributed by atoms with van der Waals surface area (Å²) in [5, 5.41) is 0.265. The van der Waals surface area contributed by atoms with Gasteiger partial charge in [0.15, 0.2) is 9.84 Å². The third-order valence-corrected chi connectivity index (χ3v) is 5.19. The second-order valence-electron chi connectivity index (χ2n) is 4.85. The van der Waals surface area contributed by atoms with Crippen molar-refractivity contribution in [3.8, 4) is 0 Å². The summed E-state index contributed by atoms with van der Waals surface area (Å²) in [6.45, 7) is 3.61. The van der Waals surface area contributed by atoms with E-state index in [0.717, 1.165) is 22.3 Å². The molecular formula is C14H19NO3S. The average molecular weight is 281 g/mol. The van der Waals surface area contributed by atoms with Crippen LogP contribution in [0.4, 0.5) is 0 Å². The molecule has 0 amide bonds. The van der Waals surface area contributed by atoms with Gasteiger partial charge < -0.3 is 10.2 Å². The van der Waals surface area contributed by atoms with Gasteiger partial charge in [0, 0.05) is 23.6 Å². The number of hydrogen-bond donors (Lipinski definition) is 1. The first-order valence-corrected chi connectivity index (χ1v) is 8.26. The molecule has 0 spiro atoms. The second kappa shape index (κ2) is 4.98. The summed E-state index contributed by atoms with van der Waals surface area (Å²) < 4.78 is 29.1. The van der Waals surface area contributed by atoms with Crippen molar-refractivity contribution in [1.29, 1.82) is 0 Å². The highest BCUT2D eigenvalue weighted by atomic mass is 32.2. The Morgan fingerprint density at radius 3 is 2.53 bits per heavy atom. The van der Waals surface area contributed by atoms with Crippen molar-refractivity contribution in [3.63, 3.8) is 0 Å². The van der Waals surface area contributed by atoms with E-state index < -0.39 is 21.1 Å². The van der Waals surface area contributed by atoms with E-state index >= 15 is 0 Å². The third kappa shape index (κ3) is 2.53. The predicted molar refractivity (Wildman–Crippen MR) is 76.8 cm³/mol. The minimum Gasteiger partial charge on any atom is -0.461 e. The lowest BCUT2D eigenvalue weighted by molar-refractivity contribution is 0.533. The van der Waals surface area contributed by atoms with E-state index in [-0.39, 0.29) is 0 Å². The SMILES string of the molecule is CCc1oc2ccccc2c1C(N)C(C)S(C)(=O)=O. The summed E-state index contributed by atoms with van der Waals surface area (Å²) in [4.78, 5) is 0. The molecule has 2 rings (SSSR count). The van der Waals surface area contributed by atoms with Crippen LogP contribution in [0.2, 0.25) is 0 Å². The van der Waals surface area contributed by atoms with Gasteiger partial charge in [0.05, 0.1) is 11.3 Å². The van der Waals surface area contributed by atoms with Gasteiger partial charge in [-0.05, 0) is 13.0 Å². The van der Waals surface area contributed by atoms with Gasteiger partial charge in [-0.15, -0.1) is 0 Å². The summed E-state index contributed by atoms with van der Waals surface area (Å²) in [6, 6.07) is 7.01. The van der Waals surface area contributed by atoms with Gasteiger partial charge in [-0.2, -0.15) is 0 Å². The van der Waals surface area contributed by atoms with Gasteiger partial charge in [0.25, 0.3) is 0 Å². The molecule has 2 N–H and O–H groups in total. The highest BCUT2D eigenvalue weighted by Crippen LogP contribution is 2.33. The Bertz CT molecular complexity index is 688. The van der Waals surface area contributed by atoms with Crippen LogP contribution < -0.4 is 5.73 Å². The fourth-order valence-electron chi connectivity index (χ4n) is 2.25. The molecule has 1 aromatic carbocycles. The molecule has 0 aliphatic heterocycles. The Morgan fingerprint density at radius 1 is 1.32 bits per heavy atom. The zero-order valence-corrected chi connectivity index (χ0v) is 12.2. The molecule has 0 fully saturated rings. The molecule has 104 valence electrons. The van der Waals surface area contributed by atoms with E-state index in [1.165, 1.54) is 6.26 Å². The number of hydrogen-bond acceptors (Lipinski definition) is 4. The van der Waals surface area contributed by atoms with Crippen molar-refractivity contribution in [2.75, 3.05) is 6.26 Å². The van der Waals surface area contributed by atoms with Crippen molar-refractivity contribution in [2.45, 2.75) is 31.6 Å². The minimum absolute atomic E-state index is 0.575. The summed E-state index contributed by atoms with van der Waals surface area (Å²) in [7, 11) is -3.19. The zero-order valence-electron chi connectivity index (χ0n) is 11.4. The molecule has 1 heterocycles. The highest BCUT2D eigenvalue weighted by Gasteiger charge is 2.29. The van der Waals surface area contributed by atoms with Crippen LogP contribution in [-0.2, 0) is 16.3 Å². The molecule has 0 aliphatic carbocycles. The van der Waals surface area contributed by atoms with Gasteiger partial charge in [0.1, 0.15) is 11.3 Å². The maximum atomic E-state index is 11.7. The molecule has 0 aliphatic rings. The molecule has 5 heteroatoms. The van der Waals surface area contributed by atoms with Gasteiger partial charge >= 0.3 is 0 Å². The van der Waals surface area contributed by atoms with Crippen molar-refractivity contribution in [2.24, 2.45) is 5.73 Å². The maximum Gasteiger partial charge on any atom is 0.151 e. The van der Waals surface area contributed by atoms with E-state index in [1.54, 1.807) is 6.92 Å². The largest absolute Gasteiger partial charge is 0.461 e. The maximum absolute atomic E-state index is 11.7. The molecule has 0 saturated heterocycles. The van der Waals surface area contributed by atoms with Gasteiger partial charge in [-0.3, -0.25) is 0 Å². The summed E-state index contributed by atoms with van der Waals surface area (Å²) in [6.07, 6.45) is 1.90. The van der Waals surface area contributed by atoms with Gasteiger partial charge in [-0.25, -0.2) is 8.42 Å². The van der Waals surface area contributed by atoms with Crippen molar-refractivity contribution in [1.82, 2.24) is 0 Å². The highest BCUT2D eigenvalue weighted by molar-refractivity contribution is 7.91. The standard InChI is InChI=1S/C14H19NO3S/c1-4-11-13(14(15)9(2)19(3,16)17)10-7-5-6-8-12(10)18-11/h5-9,14H,4,15H2,1-3H3. The molecule has 0 radical (unpaired) electrons. The Hall–Kier alpha value is -1.33. The molecular weight excluding hydrogens is 262 g/mol. The number of sulfone groups is 1.